The summed E-state index contributed by atoms with van der Waals surface area (Å²) in [4.78, 5) is 19.3. The average Bonchev–Trinajstić information content (AvgIpc) is 2.96. The van der Waals surface area contributed by atoms with E-state index in [4.69, 9.17) is 11.6 Å². The number of fused-ring (bicyclic) bond motifs is 2. The molecule has 1 N–H and O–H groups in total. The Labute approximate surface area is 188 Å². The van der Waals surface area contributed by atoms with Gasteiger partial charge in [0.2, 0.25) is 0 Å². The van der Waals surface area contributed by atoms with E-state index in [1.165, 1.54) is 16.0 Å². The molecule has 158 valence electrons. The third-order valence-electron chi connectivity index (χ3n) is 6.42. The van der Waals surface area contributed by atoms with Gasteiger partial charge >= 0.3 is 0 Å². The van der Waals surface area contributed by atoms with E-state index in [2.05, 4.69) is 47.4 Å². The molecule has 0 bridgehead atoms. The van der Waals surface area contributed by atoms with Crippen molar-refractivity contribution in [2.45, 2.75) is 12.8 Å². The number of aryl methyl sites for hydroxylation is 2. The maximum atomic E-state index is 13.6. The van der Waals surface area contributed by atoms with Crippen molar-refractivity contribution < 1.29 is 9.69 Å². The van der Waals surface area contributed by atoms with Gasteiger partial charge in [-0.2, -0.15) is 0 Å². The van der Waals surface area contributed by atoms with Gasteiger partial charge in [-0.05, 0) is 54.3 Å². The van der Waals surface area contributed by atoms with E-state index in [9.17, 15) is 4.79 Å². The van der Waals surface area contributed by atoms with Crippen LogP contribution in [0, 0.1) is 0 Å². The molecule has 0 spiro atoms. The third kappa shape index (κ3) is 4.18. The maximum Gasteiger partial charge on any atom is 0.286 e. The summed E-state index contributed by atoms with van der Waals surface area (Å²) in [6.07, 6.45) is 1.92. The Hall–Kier alpha value is -2.82. The first-order valence-electron chi connectivity index (χ1n) is 11.0. The molecule has 2 heterocycles. The van der Waals surface area contributed by atoms with E-state index in [0.717, 1.165) is 61.1 Å². The number of rotatable bonds is 3. The number of para-hydroxylation sites is 2. The Morgan fingerprint density at radius 1 is 0.839 bits per heavy atom. The molecular formula is C26H27ClN3O+. The molecule has 31 heavy (non-hydrogen) atoms. The van der Waals surface area contributed by atoms with Crippen molar-refractivity contribution in [1.82, 2.24) is 0 Å². The molecule has 1 amide bonds. The van der Waals surface area contributed by atoms with Crippen LogP contribution in [0.5, 0.6) is 0 Å². The van der Waals surface area contributed by atoms with Crippen LogP contribution in [0.15, 0.2) is 72.8 Å². The lowest BCUT2D eigenvalue weighted by atomic mass is 10.0. The van der Waals surface area contributed by atoms with Gasteiger partial charge in [0.1, 0.15) is 0 Å². The molecule has 2 aliphatic rings. The molecule has 5 rings (SSSR count). The van der Waals surface area contributed by atoms with Crippen LogP contribution in [-0.4, -0.2) is 38.6 Å². The average molecular weight is 433 g/mol. The Kier molecular flexibility index (Phi) is 5.66. The maximum absolute atomic E-state index is 13.6. The smallest absolute Gasteiger partial charge is 0.286 e. The lowest BCUT2D eigenvalue weighted by Gasteiger charge is -2.34. The van der Waals surface area contributed by atoms with Crippen molar-refractivity contribution in [3.8, 4) is 0 Å². The summed E-state index contributed by atoms with van der Waals surface area (Å²) in [7, 11) is 0. The molecule has 0 saturated carbocycles. The van der Waals surface area contributed by atoms with Gasteiger partial charge in [0.25, 0.3) is 5.91 Å². The fourth-order valence-electron chi connectivity index (χ4n) is 4.77. The zero-order chi connectivity index (χ0) is 21.2. The highest BCUT2D eigenvalue weighted by Gasteiger charge is 2.30. The summed E-state index contributed by atoms with van der Waals surface area (Å²) >= 11 is 6.16. The molecule has 0 radical (unpaired) electrons. The van der Waals surface area contributed by atoms with Gasteiger partial charge in [0.15, 0.2) is 6.54 Å². The zero-order valence-corrected chi connectivity index (χ0v) is 18.3. The van der Waals surface area contributed by atoms with Crippen molar-refractivity contribution in [3.63, 3.8) is 0 Å². The number of benzene rings is 3. The summed E-state index contributed by atoms with van der Waals surface area (Å²) in [5.74, 6) is 0.174. The summed E-state index contributed by atoms with van der Waals surface area (Å²) in [6, 6.07) is 24.7. The normalized spacial score (nSPS) is 16.4. The number of hydrogen-bond acceptors (Lipinski definition) is 2. The number of nitrogens with one attached hydrogen (secondary N) is 1. The highest BCUT2D eigenvalue weighted by Crippen LogP contribution is 2.35. The first-order valence-corrected chi connectivity index (χ1v) is 11.4. The number of anilines is 3. The highest BCUT2D eigenvalue weighted by molar-refractivity contribution is 6.30. The lowest BCUT2D eigenvalue weighted by Crippen LogP contribution is -3.15. The Morgan fingerprint density at radius 3 is 2.06 bits per heavy atom. The van der Waals surface area contributed by atoms with Crippen LogP contribution in [0.25, 0.3) is 0 Å². The quantitative estimate of drug-likeness (QED) is 0.686. The van der Waals surface area contributed by atoms with Crippen LogP contribution in [0.3, 0.4) is 0 Å². The van der Waals surface area contributed by atoms with Gasteiger partial charge in [-0.15, -0.1) is 0 Å². The molecule has 5 heteroatoms. The Bertz CT molecular complexity index is 1040. The van der Waals surface area contributed by atoms with Crippen LogP contribution < -0.4 is 14.7 Å². The topological polar surface area (TPSA) is 28.0 Å². The number of hydrogen-bond donors (Lipinski definition) is 1. The second kappa shape index (κ2) is 8.74. The molecule has 4 nitrogen and oxygen atoms in total. The Balaban J connectivity index is 1.33. The molecule has 2 aliphatic heterocycles. The first-order chi connectivity index (χ1) is 15.2. The van der Waals surface area contributed by atoms with Crippen LogP contribution >= 0.6 is 11.6 Å². The number of nitrogens with zero attached hydrogens (tertiary/aromatic N) is 2. The molecule has 3 aromatic carbocycles. The number of carbonyl (C=O) groups excluding carboxylic acids is 1. The van der Waals surface area contributed by atoms with Gasteiger partial charge in [0, 0.05) is 10.7 Å². The largest absolute Gasteiger partial charge is 0.360 e. The van der Waals surface area contributed by atoms with Crippen LogP contribution in [0.1, 0.15) is 11.1 Å². The van der Waals surface area contributed by atoms with E-state index in [-0.39, 0.29) is 5.91 Å². The first kappa shape index (κ1) is 20.1. The van der Waals surface area contributed by atoms with Crippen molar-refractivity contribution in [2.75, 3.05) is 42.5 Å². The van der Waals surface area contributed by atoms with E-state index in [1.54, 1.807) is 0 Å². The monoisotopic (exact) mass is 432 g/mol. The van der Waals surface area contributed by atoms with Crippen molar-refractivity contribution in [1.29, 1.82) is 0 Å². The van der Waals surface area contributed by atoms with Gasteiger partial charge in [-0.1, -0.05) is 54.1 Å². The van der Waals surface area contributed by atoms with E-state index >= 15 is 0 Å². The SMILES string of the molecule is O=C(C[NH+]1CCN(c2cccc(Cl)c2)CC1)N1c2ccccc2CCc2ccccc21. The van der Waals surface area contributed by atoms with E-state index < -0.39 is 0 Å². The minimum absolute atomic E-state index is 0.174. The second-order valence-electron chi connectivity index (χ2n) is 8.38. The second-order valence-corrected chi connectivity index (χ2v) is 8.82. The summed E-state index contributed by atoms with van der Waals surface area (Å²) in [6.45, 7) is 4.24. The molecule has 1 saturated heterocycles. The van der Waals surface area contributed by atoms with Crippen LogP contribution in [0.4, 0.5) is 17.1 Å². The van der Waals surface area contributed by atoms with E-state index in [1.807, 2.05) is 35.2 Å². The summed E-state index contributed by atoms with van der Waals surface area (Å²) in [5.41, 5.74) is 5.72. The minimum atomic E-state index is 0.174. The molecule has 0 aromatic heterocycles. The van der Waals surface area contributed by atoms with Gasteiger partial charge in [0.05, 0.1) is 37.6 Å². The Morgan fingerprint density at radius 2 is 1.45 bits per heavy atom. The number of piperazine rings is 1. The predicted octanol–water partition coefficient (Wildman–Crippen LogP) is 3.51. The molecular weight excluding hydrogens is 406 g/mol. The lowest BCUT2D eigenvalue weighted by molar-refractivity contribution is -0.892. The van der Waals surface area contributed by atoms with Crippen LogP contribution in [-0.2, 0) is 17.6 Å². The molecule has 0 unspecified atom stereocenters. The van der Waals surface area contributed by atoms with Crippen molar-refractivity contribution >= 4 is 34.6 Å². The van der Waals surface area contributed by atoms with Gasteiger partial charge in [-0.3, -0.25) is 9.69 Å². The minimum Gasteiger partial charge on any atom is -0.360 e. The number of carbonyl (C=O) groups is 1. The molecule has 1 fully saturated rings. The number of amides is 1. The summed E-state index contributed by atoms with van der Waals surface area (Å²) in [5, 5.41) is 0.765. The molecule has 0 atom stereocenters. The predicted molar refractivity (Wildman–Crippen MR) is 127 cm³/mol. The highest BCUT2D eigenvalue weighted by atomic mass is 35.5. The van der Waals surface area contributed by atoms with E-state index in [0.29, 0.717) is 6.54 Å². The van der Waals surface area contributed by atoms with Crippen LogP contribution in [0.2, 0.25) is 5.02 Å². The zero-order valence-electron chi connectivity index (χ0n) is 17.6. The van der Waals surface area contributed by atoms with Crippen molar-refractivity contribution in [2.24, 2.45) is 0 Å². The fraction of sp³-hybridized carbons (Fsp3) is 0.269. The van der Waals surface area contributed by atoms with Gasteiger partial charge < -0.3 is 9.80 Å². The van der Waals surface area contributed by atoms with Crippen molar-refractivity contribution in [3.05, 3.63) is 88.9 Å². The third-order valence-corrected chi connectivity index (χ3v) is 6.66. The number of halogens is 1. The molecule has 3 aromatic rings. The van der Waals surface area contributed by atoms with Gasteiger partial charge in [-0.25, -0.2) is 0 Å². The summed E-state index contributed by atoms with van der Waals surface area (Å²) < 4.78 is 0. The standard InChI is InChI=1S/C26H26ClN3O/c27-22-8-5-9-23(18-22)29-16-14-28(15-17-29)19-26(31)30-24-10-3-1-6-20(24)12-13-21-7-2-4-11-25(21)30/h1-11,18H,12-17,19H2/p+1. The number of quaternary nitrogens is 1. The molecule has 0 aliphatic carbocycles. The fourth-order valence-corrected chi connectivity index (χ4v) is 4.96.